The van der Waals surface area contributed by atoms with Crippen LogP contribution in [-0.4, -0.2) is 28.0 Å². The molecule has 0 saturated heterocycles. The Morgan fingerprint density at radius 3 is 2.80 bits per heavy atom. The second-order valence-electron chi connectivity index (χ2n) is 5.14. The standard InChI is InChI=1S/C17H15FN4O2S/c1-24-16(23)12-6-4-5-11(9-12)10-25-17-21-20-15(22(17)19)13-7-2-3-8-14(13)18/h2-9H,10,19H2,1H3. The summed E-state index contributed by atoms with van der Waals surface area (Å²) < 4.78 is 19.8. The van der Waals surface area contributed by atoms with Crippen LogP contribution in [0.5, 0.6) is 0 Å². The van der Waals surface area contributed by atoms with E-state index in [0.29, 0.717) is 16.5 Å². The van der Waals surface area contributed by atoms with Gasteiger partial charge in [-0.05, 0) is 29.8 Å². The van der Waals surface area contributed by atoms with Crippen LogP contribution >= 0.6 is 11.8 Å². The lowest BCUT2D eigenvalue weighted by atomic mass is 10.1. The van der Waals surface area contributed by atoms with Gasteiger partial charge in [0.15, 0.2) is 5.82 Å². The zero-order chi connectivity index (χ0) is 17.8. The van der Waals surface area contributed by atoms with Crippen LogP contribution < -0.4 is 5.84 Å². The van der Waals surface area contributed by atoms with E-state index in [4.69, 9.17) is 10.6 Å². The molecular formula is C17H15FN4O2S. The second-order valence-corrected chi connectivity index (χ2v) is 6.08. The minimum absolute atomic E-state index is 0.254. The van der Waals surface area contributed by atoms with Gasteiger partial charge in [0.1, 0.15) is 5.82 Å². The van der Waals surface area contributed by atoms with E-state index in [2.05, 4.69) is 10.2 Å². The average Bonchev–Trinajstić information content (AvgIpc) is 3.00. The Balaban J connectivity index is 1.77. The van der Waals surface area contributed by atoms with Crippen LogP contribution in [0.4, 0.5) is 4.39 Å². The molecule has 6 nitrogen and oxygen atoms in total. The highest BCUT2D eigenvalue weighted by Crippen LogP contribution is 2.26. The SMILES string of the molecule is COC(=O)c1cccc(CSc2nnc(-c3ccccc3F)n2N)c1. The van der Waals surface area contributed by atoms with Crippen LogP contribution in [-0.2, 0) is 10.5 Å². The summed E-state index contributed by atoms with van der Waals surface area (Å²) in [7, 11) is 1.34. The third kappa shape index (κ3) is 3.63. The Bertz CT molecular complexity index is 913. The van der Waals surface area contributed by atoms with E-state index in [1.165, 1.54) is 29.6 Å². The molecule has 0 radical (unpaired) electrons. The van der Waals surface area contributed by atoms with Crippen LogP contribution in [0, 0.1) is 5.82 Å². The third-order valence-electron chi connectivity index (χ3n) is 3.50. The van der Waals surface area contributed by atoms with Crippen molar-refractivity contribution >= 4 is 17.7 Å². The van der Waals surface area contributed by atoms with Gasteiger partial charge in [-0.1, -0.05) is 36.0 Å². The molecule has 0 unspecified atom stereocenters. The Labute approximate surface area is 147 Å². The van der Waals surface area contributed by atoms with Gasteiger partial charge in [-0.3, -0.25) is 0 Å². The van der Waals surface area contributed by atoms with Crippen LogP contribution in [0.1, 0.15) is 15.9 Å². The highest BCUT2D eigenvalue weighted by Gasteiger charge is 2.15. The van der Waals surface area contributed by atoms with Gasteiger partial charge >= 0.3 is 5.97 Å². The molecule has 0 fully saturated rings. The van der Waals surface area contributed by atoms with Crippen molar-refractivity contribution in [3.8, 4) is 11.4 Å². The van der Waals surface area contributed by atoms with Crippen molar-refractivity contribution in [2.75, 3.05) is 13.0 Å². The van der Waals surface area contributed by atoms with Crippen LogP contribution in [0.15, 0.2) is 53.7 Å². The first-order valence-corrected chi connectivity index (χ1v) is 8.34. The molecule has 0 spiro atoms. The number of nitrogen functional groups attached to an aromatic ring is 1. The lowest BCUT2D eigenvalue weighted by molar-refractivity contribution is 0.0600. The van der Waals surface area contributed by atoms with Gasteiger partial charge in [0.25, 0.3) is 0 Å². The van der Waals surface area contributed by atoms with Gasteiger partial charge in [0.2, 0.25) is 5.16 Å². The van der Waals surface area contributed by atoms with E-state index in [1.54, 1.807) is 36.4 Å². The molecule has 8 heteroatoms. The number of rotatable bonds is 5. The number of carbonyl (C=O) groups excluding carboxylic acids is 1. The fourth-order valence-corrected chi connectivity index (χ4v) is 3.05. The van der Waals surface area contributed by atoms with E-state index >= 15 is 0 Å². The topological polar surface area (TPSA) is 83.0 Å². The number of methoxy groups -OCH3 is 1. The summed E-state index contributed by atoms with van der Waals surface area (Å²) in [5.41, 5.74) is 1.67. The number of thioether (sulfide) groups is 1. The highest BCUT2D eigenvalue weighted by molar-refractivity contribution is 7.98. The molecule has 0 atom stereocenters. The number of esters is 1. The maximum Gasteiger partial charge on any atom is 0.337 e. The summed E-state index contributed by atoms with van der Waals surface area (Å²) in [5, 5.41) is 8.43. The lowest BCUT2D eigenvalue weighted by Gasteiger charge is -2.05. The van der Waals surface area contributed by atoms with Gasteiger partial charge in [0, 0.05) is 5.75 Å². The molecule has 25 heavy (non-hydrogen) atoms. The molecular weight excluding hydrogens is 343 g/mol. The Kier molecular flexibility index (Phi) is 4.99. The van der Waals surface area contributed by atoms with Crippen LogP contribution in [0.3, 0.4) is 0 Å². The van der Waals surface area contributed by atoms with Gasteiger partial charge < -0.3 is 10.6 Å². The van der Waals surface area contributed by atoms with E-state index in [1.807, 2.05) is 6.07 Å². The largest absolute Gasteiger partial charge is 0.465 e. The van der Waals surface area contributed by atoms with Gasteiger partial charge in [0.05, 0.1) is 18.2 Å². The predicted octanol–water partition coefficient (Wildman–Crippen LogP) is 2.88. The molecule has 0 bridgehead atoms. The summed E-state index contributed by atoms with van der Waals surface area (Å²) in [4.78, 5) is 11.6. The molecule has 0 amide bonds. The smallest absolute Gasteiger partial charge is 0.337 e. The monoisotopic (exact) mass is 358 g/mol. The summed E-state index contributed by atoms with van der Waals surface area (Å²) >= 11 is 1.34. The number of halogens is 1. The van der Waals surface area contributed by atoms with E-state index in [9.17, 15) is 9.18 Å². The number of hydrogen-bond acceptors (Lipinski definition) is 6. The van der Waals surface area contributed by atoms with Gasteiger partial charge in [-0.15, -0.1) is 10.2 Å². The summed E-state index contributed by atoms with van der Waals surface area (Å²) in [6.45, 7) is 0. The molecule has 1 heterocycles. The summed E-state index contributed by atoms with van der Waals surface area (Å²) in [6, 6.07) is 13.3. The third-order valence-corrected chi connectivity index (χ3v) is 4.51. The van der Waals surface area contributed by atoms with Gasteiger partial charge in [-0.2, -0.15) is 0 Å². The van der Waals surface area contributed by atoms with Crippen molar-refractivity contribution in [2.24, 2.45) is 0 Å². The number of hydrogen-bond donors (Lipinski definition) is 1. The Morgan fingerprint density at radius 1 is 1.24 bits per heavy atom. The van der Waals surface area contributed by atoms with Crippen LogP contribution in [0.25, 0.3) is 11.4 Å². The zero-order valence-corrected chi connectivity index (χ0v) is 14.2. The molecule has 3 rings (SSSR count). The van der Waals surface area contributed by atoms with Crippen molar-refractivity contribution in [3.63, 3.8) is 0 Å². The molecule has 2 aromatic carbocycles. The number of ether oxygens (including phenoxy) is 1. The summed E-state index contributed by atoms with van der Waals surface area (Å²) in [5.74, 6) is 5.97. The number of carbonyl (C=O) groups is 1. The first-order valence-electron chi connectivity index (χ1n) is 7.35. The first kappa shape index (κ1) is 17.0. The quantitative estimate of drug-likeness (QED) is 0.429. The molecule has 3 aromatic rings. The van der Waals surface area contributed by atoms with Crippen molar-refractivity contribution < 1.29 is 13.9 Å². The molecule has 1 aromatic heterocycles. The van der Waals surface area contributed by atoms with Crippen molar-refractivity contribution in [1.82, 2.24) is 14.9 Å². The van der Waals surface area contributed by atoms with Gasteiger partial charge in [-0.25, -0.2) is 13.9 Å². The first-order chi connectivity index (χ1) is 12.1. The Hall–Kier alpha value is -2.87. The number of benzene rings is 2. The van der Waals surface area contributed by atoms with E-state index < -0.39 is 11.8 Å². The maximum absolute atomic E-state index is 13.9. The predicted molar refractivity (Wildman–Crippen MR) is 92.9 cm³/mol. The number of nitrogens with zero attached hydrogens (tertiary/aromatic N) is 3. The second kappa shape index (κ2) is 7.35. The fraction of sp³-hybridized carbons (Fsp3) is 0.118. The van der Waals surface area contributed by atoms with Crippen molar-refractivity contribution in [3.05, 3.63) is 65.5 Å². The number of aromatic nitrogens is 3. The molecule has 0 aliphatic carbocycles. The maximum atomic E-state index is 13.9. The molecule has 0 aliphatic rings. The van der Waals surface area contributed by atoms with E-state index in [0.717, 1.165) is 5.56 Å². The molecule has 128 valence electrons. The minimum atomic E-state index is -0.413. The van der Waals surface area contributed by atoms with Crippen LogP contribution in [0.2, 0.25) is 0 Å². The average molecular weight is 358 g/mol. The molecule has 2 N–H and O–H groups in total. The minimum Gasteiger partial charge on any atom is -0.465 e. The fourth-order valence-electron chi connectivity index (χ4n) is 2.26. The normalized spacial score (nSPS) is 10.6. The van der Waals surface area contributed by atoms with E-state index in [-0.39, 0.29) is 11.4 Å². The highest BCUT2D eigenvalue weighted by atomic mass is 32.2. The zero-order valence-electron chi connectivity index (χ0n) is 13.3. The van der Waals surface area contributed by atoms with Crippen molar-refractivity contribution in [2.45, 2.75) is 10.9 Å². The molecule has 0 saturated carbocycles. The molecule has 0 aliphatic heterocycles. The summed E-state index contributed by atoms with van der Waals surface area (Å²) in [6.07, 6.45) is 0. The lowest BCUT2D eigenvalue weighted by Crippen LogP contribution is -2.12. The van der Waals surface area contributed by atoms with Crippen molar-refractivity contribution in [1.29, 1.82) is 0 Å². The number of nitrogens with two attached hydrogens (primary N) is 1. The Morgan fingerprint density at radius 2 is 2.04 bits per heavy atom.